The van der Waals surface area contributed by atoms with Crippen molar-refractivity contribution in [2.45, 2.75) is 25.9 Å². The van der Waals surface area contributed by atoms with Gasteiger partial charge in [0.05, 0.1) is 12.2 Å². The summed E-state index contributed by atoms with van der Waals surface area (Å²) in [5.74, 6) is -0.959. The summed E-state index contributed by atoms with van der Waals surface area (Å²) in [4.78, 5) is 36.3. The predicted molar refractivity (Wildman–Crippen MR) is 138 cm³/mol. The molecule has 1 saturated heterocycles. The van der Waals surface area contributed by atoms with Gasteiger partial charge in [0.25, 0.3) is 11.8 Å². The lowest BCUT2D eigenvalue weighted by molar-refractivity contribution is -0.122. The molecule has 1 aromatic heterocycles. The van der Waals surface area contributed by atoms with E-state index in [1.54, 1.807) is 38.2 Å². The van der Waals surface area contributed by atoms with Gasteiger partial charge in [-0.25, -0.2) is 13.8 Å². The number of piperazine rings is 1. The Morgan fingerprint density at radius 1 is 1.00 bits per heavy atom. The molecule has 0 atom stereocenters. The van der Waals surface area contributed by atoms with Crippen LogP contribution in [0.4, 0.5) is 20.3 Å². The van der Waals surface area contributed by atoms with Crippen LogP contribution < -0.4 is 10.2 Å². The lowest BCUT2D eigenvalue weighted by Crippen LogP contribution is -2.53. The molecule has 2 aromatic carbocycles. The molecule has 3 aromatic rings. The van der Waals surface area contributed by atoms with Gasteiger partial charge in [0.2, 0.25) is 0 Å². The number of rotatable bonds is 4. The molecule has 0 aliphatic carbocycles. The van der Waals surface area contributed by atoms with Crippen molar-refractivity contribution in [3.63, 3.8) is 0 Å². The summed E-state index contributed by atoms with van der Waals surface area (Å²) in [6, 6.07) is 12.3. The van der Waals surface area contributed by atoms with Crippen molar-refractivity contribution < 1.29 is 18.4 Å². The second kappa shape index (κ2) is 9.55. The zero-order valence-electron chi connectivity index (χ0n) is 21.1. The van der Waals surface area contributed by atoms with Gasteiger partial charge >= 0.3 is 0 Å². The summed E-state index contributed by atoms with van der Waals surface area (Å²) in [5, 5.41) is 3.15. The number of anilines is 2. The van der Waals surface area contributed by atoms with E-state index in [2.05, 4.69) is 15.2 Å². The Morgan fingerprint density at radius 2 is 1.70 bits per heavy atom. The molecular weight excluding hydrogens is 476 g/mol. The van der Waals surface area contributed by atoms with E-state index in [-0.39, 0.29) is 23.9 Å². The molecule has 0 spiro atoms. The molecular formula is C28H29F2N5O2. The van der Waals surface area contributed by atoms with E-state index in [9.17, 15) is 18.4 Å². The molecule has 5 rings (SSSR count). The molecule has 0 saturated carbocycles. The van der Waals surface area contributed by atoms with Crippen molar-refractivity contribution in [3.05, 3.63) is 77.5 Å². The molecule has 37 heavy (non-hydrogen) atoms. The Labute approximate surface area is 214 Å². The van der Waals surface area contributed by atoms with Crippen molar-refractivity contribution in [1.29, 1.82) is 0 Å². The summed E-state index contributed by atoms with van der Waals surface area (Å²) in [6.45, 7) is 6.41. The van der Waals surface area contributed by atoms with Crippen LogP contribution in [0.2, 0.25) is 0 Å². The summed E-state index contributed by atoms with van der Waals surface area (Å²) in [6.07, 6.45) is 1.69. The fourth-order valence-electron chi connectivity index (χ4n) is 4.70. The zero-order chi connectivity index (χ0) is 26.3. The van der Waals surface area contributed by atoms with Gasteiger partial charge in [-0.1, -0.05) is 12.1 Å². The van der Waals surface area contributed by atoms with Gasteiger partial charge < -0.3 is 20.0 Å². The maximum atomic E-state index is 14.5. The predicted octanol–water partition coefficient (Wildman–Crippen LogP) is 4.15. The summed E-state index contributed by atoms with van der Waals surface area (Å²) >= 11 is 0. The first-order valence-corrected chi connectivity index (χ1v) is 12.2. The molecule has 9 heteroatoms. The van der Waals surface area contributed by atoms with Crippen LogP contribution in [0.15, 0.2) is 54.7 Å². The summed E-state index contributed by atoms with van der Waals surface area (Å²) in [7, 11) is 2.04. The zero-order valence-corrected chi connectivity index (χ0v) is 21.1. The highest BCUT2D eigenvalue weighted by Gasteiger charge is 2.39. The van der Waals surface area contributed by atoms with Gasteiger partial charge in [0, 0.05) is 49.1 Å². The number of nitrogens with zero attached hydrogens (tertiary/aromatic N) is 4. The quantitative estimate of drug-likeness (QED) is 0.577. The third-order valence-corrected chi connectivity index (χ3v) is 6.96. The number of amides is 2. The first-order chi connectivity index (χ1) is 17.6. The number of fused-ring (bicyclic) bond motifs is 1. The Hall–Kier alpha value is -3.85. The van der Waals surface area contributed by atoms with E-state index in [1.807, 2.05) is 24.1 Å². The number of likely N-dealkylation sites (N-methyl/N-ethyl adjacent to an activating group) is 1. The number of nitrogens with one attached hydrogen (secondary N) is 1. The van der Waals surface area contributed by atoms with Gasteiger partial charge in [-0.15, -0.1) is 0 Å². The maximum absolute atomic E-state index is 14.5. The van der Waals surface area contributed by atoms with E-state index in [0.29, 0.717) is 30.2 Å². The molecule has 2 aliphatic heterocycles. The monoisotopic (exact) mass is 505 g/mol. The van der Waals surface area contributed by atoms with Crippen LogP contribution >= 0.6 is 0 Å². The van der Waals surface area contributed by atoms with Crippen LogP contribution in [-0.4, -0.2) is 65.4 Å². The van der Waals surface area contributed by atoms with Crippen LogP contribution in [-0.2, 0) is 11.3 Å². The number of carbonyl (C=O) groups is 2. The first-order valence-electron chi connectivity index (χ1n) is 12.2. The number of pyridine rings is 1. The molecule has 2 amide bonds. The highest BCUT2D eigenvalue weighted by molar-refractivity contribution is 6.07. The third kappa shape index (κ3) is 4.91. The average molecular weight is 506 g/mol. The maximum Gasteiger partial charge on any atom is 0.253 e. The first kappa shape index (κ1) is 24.8. The fourth-order valence-corrected chi connectivity index (χ4v) is 4.70. The fraction of sp³-hybridized carbons (Fsp3) is 0.321. The molecule has 0 bridgehead atoms. The number of carbonyl (C=O) groups excluding carboxylic acids is 2. The number of benzene rings is 2. The number of hydrogen-bond acceptors (Lipinski definition) is 5. The molecule has 3 heterocycles. The van der Waals surface area contributed by atoms with Crippen molar-refractivity contribution in [3.8, 4) is 11.1 Å². The molecule has 1 N–H and O–H groups in total. The van der Waals surface area contributed by atoms with Gasteiger partial charge in [0.15, 0.2) is 5.82 Å². The lowest BCUT2D eigenvalue weighted by Gasteiger charge is -2.39. The van der Waals surface area contributed by atoms with Gasteiger partial charge in [-0.2, -0.15) is 0 Å². The Bertz CT molecular complexity index is 1350. The number of halogens is 2. The highest BCUT2D eigenvalue weighted by atomic mass is 19.1. The van der Waals surface area contributed by atoms with Crippen molar-refractivity contribution in [2.75, 3.05) is 43.4 Å². The van der Waals surface area contributed by atoms with Gasteiger partial charge in [-0.05, 0) is 62.9 Å². The Morgan fingerprint density at radius 3 is 2.41 bits per heavy atom. The smallest absolute Gasteiger partial charge is 0.253 e. The molecule has 1 fully saturated rings. The average Bonchev–Trinajstić information content (AvgIpc) is 2.88. The van der Waals surface area contributed by atoms with Crippen LogP contribution in [0, 0.1) is 11.6 Å². The third-order valence-electron chi connectivity index (χ3n) is 6.96. The van der Waals surface area contributed by atoms with Crippen LogP contribution in [0.3, 0.4) is 0 Å². The van der Waals surface area contributed by atoms with Crippen LogP contribution in [0.25, 0.3) is 11.1 Å². The van der Waals surface area contributed by atoms with Crippen molar-refractivity contribution in [2.24, 2.45) is 0 Å². The minimum Gasteiger partial charge on any atom is -0.355 e. The lowest BCUT2D eigenvalue weighted by atomic mass is 9.97. The number of hydrogen-bond donors (Lipinski definition) is 1. The molecule has 2 aliphatic rings. The van der Waals surface area contributed by atoms with E-state index in [0.717, 1.165) is 42.4 Å². The van der Waals surface area contributed by atoms with Crippen LogP contribution in [0.1, 0.15) is 29.8 Å². The van der Waals surface area contributed by atoms with Crippen molar-refractivity contribution >= 4 is 23.3 Å². The highest BCUT2D eigenvalue weighted by Crippen LogP contribution is 2.37. The van der Waals surface area contributed by atoms with E-state index in [1.165, 1.54) is 4.90 Å². The summed E-state index contributed by atoms with van der Waals surface area (Å²) in [5.41, 5.74) is 1.74. The second-order valence-electron chi connectivity index (χ2n) is 10.1. The van der Waals surface area contributed by atoms with E-state index >= 15 is 0 Å². The number of aromatic nitrogens is 1. The van der Waals surface area contributed by atoms with Crippen molar-refractivity contribution in [1.82, 2.24) is 14.8 Å². The Balaban J connectivity index is 1.44. The molecule has 0 radical (unpaired) electrons. The standard InChI is InChI=1S/C28H29F2N5O2/c1-28(2)27(37)35(17-21-14-22(29)8-9-23(21)30)24-15-20(16-31-25(24)32-28)18-4-6-19(7-5-18)26(36)34-12-10-33(3)11-13-34/h4-9,14-16H,10-13,17H2,1-3H3,(H,31,32). The molecule has 0 unspecified atom stereocenters. The van der Waals surface area contributed by atoms with Gasteiger partial charge in [0.1, 0.15) is 17.2 Å². The minimum atomic E-state index is -0.976. The van der Waals surface area contributed by atoms with Gasteiger partial charge in [-0.3, -0.25) is 9.59 Å². The molecule has 7 nitrogen and oxygen atoms in total. The SMILES string of the molecule is CN1CCN(C(=O)c2ccc(-c3cnc4c(c3)N(Cc3cc(F)ccc3F)C(=O)C(C)(C)N4)cc2)CC1. The topological polar surface area (TPSA) is 68.8 Å². The summed E-state index contributed by atoms with van der Waals surface area (Å²) < 4.78 is 28.3. The second-order valence-corrected chi connectivity index (χ2v) is 10.1. The minimum absolute atomic E-state index is 0.00328. The molecule has 192 valence electrons. The van der Waals surface area contributed by atoms with E-state index < -0.39 is 17.2 Å². The Kier molecular flexibility index (Phi) is 6.41. The normalized spacial score (nSPS) is 17.4. The van der Waals surface area contributed by atoms with Crippen LogP contribution in [0.5, 0.6) is 0 Å². The van der Waals surface area contributed by atoms with E-state index in [4.69, 9.17) is 0 Å². The largest absolute Gasteiger partial charge is 0.355 e.